The fraction of sp³-hybridized carbons (Fsp3) is 0.423. The highest BCUT2D eigenvalue weighted by Crippen LogP contribution is 2.25. The monoisotopic (exact) mass is 480 g/mol. The lowest BCUT2D eigenvalue weighted by Crippen LogP contribution is -2.48. The number of aromatic nitrogens is 1. The third-order valence-electron chi connectivity index (χ3n) is 7.02. The highest BCUT2D eigenvalue weighted by molar-refractivity contribution is 7.89. The van der Waals surface area contributed by atoms with Crippen LogP contribution in [0.15, 0.2) is 65.7 Å². The van der Waals surface area contributed by atoms with Crippen molar-refractivity contribution in [2.24, 2.45) is 0 Å². The number of rotatable bonds is 6. The van der Waals surface area contributed by atoms with Gasteiger partial charge in [0.2, 0.25) is 15.9 Å². The zero-order chi connectivity index (χ0) is 23.5. The minimum atomic E-state index is -3.45. The maximum absolute atomic E-state index is 13.0. The molecule has 2 aromatic carbocycles. The van der Waals surface area contributed by atoms with Gasteiger partial charge in [-0.2, -0.15) is 4.31 Å². The number of hydrogen-bond donors (Lipinski definition) is 0. The van der Waals surface area contributed by atoms with Gasteiger partial charge in [0.25, 0.3) is 0 Å². The van der Waals surface area contributed by atoms with Crippen LogP contribution in [-0.4, -0.2) is 67.4 Å². The summed E-state index contributed by atoms with van der Waals surface area (Å²) in [5.74, 6) is 0.166. The van der Waals surface area contributed by atoms with Crippen LogP contribution in [0.1, 0.15) is 25.7 Å². The zero-order valence-electron chi connectivity index (χ0n) is 19.5. The predicted molar refractivity (Wildman–Crippen MR) is 134 cm³/mol. The van der Waals surface area contributed by atoms with Gasteiger partial charge in [0.05, 0.1) is 4.90 Å². The SMILES string of the molecule is O=C(CCn1ccc2cc(S(=O)(=O)N3CCCCC3)ccc21)N1CCN(c2ccccc2)CC1. The fourth-order valence-corrected chi connectivity index (χ4v) is 6.57. The molecule has 3 heterocycles. The van der Waals surface area contributed by atoms with Crippen LogP contribution in [0, 0.1) is 0 Å². The Bertz CT molecular complexity index is 1240. The van der Waals surface area contributed by atoms with E-state index in [0.29, 0.717) is 31.0 Å². The molecule has 0 saturated carbocycles. The molecule has 0 spiro atoms. The Morgan fingerprint density at radius 1 is 0.824 bits per heavy atom. The van der Waals surface area contributed by atoms with Crippen molar-refractivity contribution in [2.75, 3.05) is 44.2 Å². The molecule has 0 aliphatic carbocycles. The predicted octanol–water partition coefficient (Wildman–Crippen LogP) is 3.55. The summed E-state index contributed by atoms with van der Waals surface area (Å²) in [4.78, 5) is 17.5. The van der Waals surface area contributed by atoms with Gasteiger partial charge in [-0.1, -0.05) is 24.6 Å². The maximum atomic E-state index is 13.0. The average Bonchev–Trinajstić information content (AvgIpc) is 3.31. The number of fused-ring (bicyclic) bond motifs is 1. The third kappa shape index (κ3) is 4.70. The van der Waals surface area contributed by atoms with Gasteiger partial charge in [0, 0.05) is 75.0 Å². The van der Waals surface area contributed by atoms with Crippen LogP contribution in [0.4, 0.5) is 5.69 Å². The lowest BCUT2D eigenvalue weighted by molar-refractivity contribution is -0.131. The summed E-state index contributed by atoms with van der Waals surface area (Å²) in [7, 11) is -3.45. The molecule has 3 aromatic rings. The van der Waals surface area contributed by atoms with E-state index in [0.717, 1.165) is 56.3 Å². The van der Waals surface area contributed by atoms with E-state index < -0.39 is 10.0 Å². The van der Waals surface area contributed by atoms with Crippen molar-refractivity contribution in [2.45, 2.75) is 37.1 Å². The number of piperidine rings is 1. The first kappa shape index (κ1) is 22.9. The molecule has 8 heteroatoms. The summed E-state index contributed by atoms with van der Waals surface area (Å²) in [6.45, 7) is 4.94. The number of para-hydroxylation sites is 1. The Morgan fingerprint density at radius 2 is 1.56 bits per heavy atom. The number of aryl methyl sites for hydroxylation is 1. The van der Waals surface area contributed by atoms with Gasteiger partial charge in [0.1, 0.15) is 0 Å². The van der Waals surface area contributed by atoms with Crippen LogP contribution >= 0.6 is 0 Å². The average molecular weight is 481 g/mol. The summed E-state index contributed by atoms with van der Waals surface area (Å²) < 4.78 is 29.7. The molecule has 1 amide bonds. The number of benzene rings is 2. The Labute approximate surface area is 201 Å². The van der Waals surface area contributed by atoms with Crippen LogP contribution in [-0.2, 0) is 21.4 Å². The smallest absolute Gasteiger partial charge is 0.243 e. The fourth-order valence-electron chi connectivity index (χ4n) is 5.02. The van der Waals surface area contributed by atoms with Crippen LogP contribution in [0.3, 0.4) is 0 Å². The standard InChI is InChI=1S/C26H32N4O3S/c31-26(29-19-17-27(18-20-29)23-7-3-1-4-8-23)12-16-28-15-11-22-21-24(9-10-25(22)28)34(32,33)30-13-5-2-6-14-30/h1,3-4,7-11,15,21H,2,5-6,12-14,16-20H2. The second-order valence-corrected chi connectivity index (χ2v) is 11.1. The quantitative estimate of drug-likeness (QED) is 0.541. The molecule has 1 aromatic heterocycles. The number of carbonyl (C=O) groups excluding carboxylic acids is 1. The van der Waals surface area contributed by atoms with Crippen molar-refractivity contribution in [3.63, 3.8) is 0 Å². The molecular weight excluding hydrogens is 448 g/mol. The molecule has 0 unspecified atom stereocenters. The summed E-state index contributed by atoms with van der Waals surface area (Å²) >= 11 is 0. The van der Waals surface area contributed by atoms with Crippen molar-refractivity contribution in [3.05, 3.63) is 60.8 Å². The second kappa shape index (κ2) is 9.80. The number of piperazine rings is 1. The number of hydrogen-bond acceptors (Lipinski definition) is 4. The highest BCUT2D eigenvalue weighted by atomic mass is 32.2. The van der Waals surface area contributed by atoms with E-state index in [-0.39, 0.29) is 5.91 Å². The first-order valence-corrected chi connectivity index (χ1v) is 13.6. The van der Waals surface area contributed by atoms with Gasteiger partial charge in [-0.3, -0.25) is 4.79 Å². The molecule has 0 bridgehead atoms. The molecule has 2 fully saturated rings. The summed E-state index contributed by atoms with van der Waals surface area (Å²) in [6, 6.07) is 17.6. The van der Waals surface area contributed by atoms with Crippen LogP contribution in [0.2, 0.25) is 0 Å². The van der Waals surface area contributed by atoms with Gasteiger partial charge in [-0.25, -0.2) is 8.42 Å². The molecular formula is C26H32N4O3S. The first-order chi connectivity index (χ1) is 16.5. The molecule has 2 aliphatic rings. The molecule has 5 rings (SSSR count). The van der Waals surface area contributed by atoms with Crippen molar-refractivity contribution < 1.29 is 13.2 Å². The highest BCUT2D eigenvalue weighted by Gasteiger charge is 2.26. The van der Waals surface area contributed by atoms with E-state index in [1.807, 2.05) is 46.0 Å². The molecule has 0 radical (unpaired) electrons. The normalized spacial score (nSPS) is 17.9. The molecule has 0 N–H and O–H groups in total. The number of sulfonamides is 1. The molecule has 2 aliphatic heterocycles. The van der Waals surface area contributed by atoms with E-state index in [9.17, 15) is 13.2 Å². The number of nitrogens with zero attached hydrogens (tertiary/aromatic N) is 4. The molecule has 7 nitrogen and oxygen atoms in total. The van der Waals surface area contributed by atoms with Crippen molar-refractivity contribution in [3.8, 4) is 0 Å². The van der Waals surface area contributed by atoms with Gasteiger partial charge in [-0.05, 0) is 49.2 Å². The van der Waals surface area contributed by atoms with E-state index in [1.54, 1.807) is 16.4 Å². The zero-order valence-corrected chi connectivity index (χ0v) is 20.3. The lowest BCUT2D eigenvalue weighted by atomic mass is 10.2. The Hall–Kier alpha value is -2.84. The van der Waals surface area contributed by atoms with Crippen LogP contribution in [0.25, 0.3) is 10.9 Å². The van der Waals surface area contributed by atoms with Gasteiger partial charge in [-0.15, -0.1) is 0 Å². The number of amides is 1. The van der Waals surface area contributed by atoms with Crippen LogP contribution < -0.4 is 4.90 Å². The van der Waals surface area contributed by atoms with E-state index in [1.165, 1.54) is 5.69 Å². The molecule has 0 atom stereocenters. The summed E-state index contributed by atoms with van der Waals surface area (Å²) in [5, 5.41) is 0.891. The maximum Gasteiger partial charge on any atom is 0.243 e. The largest absolute Gasteiger partial charge is 0.368 e. The topological polar surface area (TPSA) is 65.9 Å². The van der Waals surface area contributed by atoms with E-state index in [4.69, 9.17) is 0 Å². The Morgan fingerprint density at radius 3 is 2.29 bits per heavy atom. The Balaban J connectivity index is 1.20. The molecule has 34 heavy (non-hydrogen) atoms. The minimum absolute atomic E-state index is 0.166. The van der Waals surface area contributed by atoms with Crippen molar-refractivity contribution >= 4 is 32.5 Å². The van der Waals surface area contributed by atoms with Crippen LogP contribution in [0.5, 0.6) is 0 Å². The number of carbonyl (C=O) groups is 1. The van der Waals surface area contributed by atoms with Gasteiger partial charge in [0.15, 0.2) is 0 Å². The summed E-state index contributed by atoms with van der Waals surface area (Å²) in [5.41, 5.74) is 2.16. The van der Waals surface area contributed by atoms with Gasteiger partial charge < -0.3 is 14.4 Å². The molecule has 180 valence electrons. The first-order valence-electron chi connectivity index (χ1n) is 12.2. The van der Waals surface area contributed by atoms with E-state index >= 15 is 0 Å². The van der Waals surface area contributed by atoms with E-state index in [2.05, 4.69) is 17.0 Å². The lowest BCUT2D eigenvalue weighted by Gasteiger charge is -2.36. The van der Waals surface area contributed by atoms with Crippen molar-refractivity contribution in [1.29, 1.82) is 0 Å². The summed E-state index contributed by atoms with van der Waals surface area (Å²) in [6.07, 6.45) is 5.32. The molecule has 2 saturated heterocycles. The minimum Gasteiger partial charge on any atom is -0.368 e. The second-order valence-electron chi connectivity index (χ2n) is 9.15. The third-order valence-corrected chi connectivity index (χ3v) is 8.91. The number of anilines is 1. The van der Waals surface area contributed by atoms with Gasteiger partial charge >= 0.3 is 0 Å². The van der Waals surface area contributed by atoms with Crippen molar-refractivity contribution in [1.82, 2.24) is 13.8 Å². The Kier molecular flexibility index (Phi) is 6.61.